The summed E-state index contributed by atoms with van der Waals surface area (Å²) < 4.78 is 1.19. The Morgan fingerprint density at radius 2 is 2.22 bits per heavy atom. The third kappa shape index (κ3) is 4.10. The van der Waals surface area contributed by atoms with Gasteiger partial charge in [-0.15, -0.1) is 12.4 Å². The number of nitrogens with one attached hydrogen (secondary N) is 2. The second-order valence-electron chi connectivity index (χ2n) is 4.45. The first-order valence-electron chi connectivity index (χ1n) is 5.97. The van der Waals surface area contributed by atoms with Gasteiger partial charge in [0.05, 0.1) is 6.04 Å². The molecule has 0 unspecified atom stereocenters. The zero-order valence-corrected chi connectivity index (χ0v) is 13.3. The Morgan fingerprint density at radius 1 is 1.44 bits per heavy atom. The average Bonchev–Trinajstić information content (AvgIpc) is 2.34. The fourth-order valence-corrected chi connectivity index (χ4v) is 2.71. The maximum absolute atomic E-state index is 12.0. The summed E-state index contributed by atoms with van der Waals surface area (Å²) in [5.41, 5.74) is 2.03. The first kappa shape index (κ1) is 15.7. The SMILES string of the molecule is Cc1cc(I)ccc1NC(=O)[C@H]1CCCCN1.Cl. The molecule has 1 heterocycles. The van der Waals surface area contributed by atoms with E-state index in [1.54, 1.807) is 0 Å². The Balaban J connectivity index is 0.00000162. The highest BCUT2D eigenvalue weighted by Gasteiger charge is 2.20. The Morgan fingerprint density at radius 3 is 2.83 bits per heavy atom. The number of amides is 1. The summed E-state index contributed by atoms with van der Waals surface area (Å²) >= 11 is 2.27. The highest BCUT2D eigenvalue weighted by Crippen LogP contribution is 2.18. The van der Waals surface area contributed by atoms with Crippen LogP contribution in [0, 0.1) is 10.5 Å². The summed E-state index contributed by atoms with van der Waals surface area (Å²) in [5, 5.41) is 6.26. The van der Waals surface area contributed by atoms with E-state index in [1.807, 2.05) is 19.1 Å². The van der Waals surface area contributed by atoms with Gasteiger partial charge in [0.2, 0.25) is 5.91 Å². The number of benzene rings is 1. The van der Waals surface area contributed by atoms with Crippen LogP contribution >= 0.6 is 35.0 Å². The fourth-order valence-electron chi connectivity index (χ4n) is 2.06. The van der Waals surface area contributed by atoms with Crippen molar-refractivity contribution in [2.75, 3.05) is 11.9 Å². The van der Waals surface area contributed by atoms with Gasteiger partial charge < -0.3 is 10.6 Å². The average molecular weight is 381 g/mol. The van der Waals surface area contributed by atoms with Crippen LogP contribution in [0.1, 0.15) is 24.8 Å². The van der Waals surface area contributed by atoms with Crippen molar-refractivity contribution >= 4 is 46.6 Å². The smallest absolute Gasteiger partial charge is 0.241 e. The maximum Gasteiger partial charge on any atom is 0.241 e. The van der Waals surface area contributed by atoms with Gasteiger partial charge in [-0.3, -0.25) is 4.79 Å². The number of halogens is 2. The number of aryl methyl sites for hydroxylation is 1. The maximum atomic E-state index is 12.0. The molecule has 1 atom stereocenters. The summed E-state index contributed by atoms with van der Waals surface area (Å²) in [6.45, 7) is 2.97. The van der Waals surface area contributed by atoms with Gasteiger partial charge >= 0.3 is 0 Å². The highest BCUT2D eigenvalue weighted by molar-refractivity contribution is 14.1. The van der Waals surface area contributed by atoms with E-state index >= 15 is 0 Å². The van der Waals surface area contributed by atoms with Crippen LogP contribution in [0.25, 0.3) is 0 Å². The fraction of sp³-hybridized carbons (Fsp3) is 0.462. The third-order valence-corrected chi connectivity index (χ3v) is 3.74. The normalized spacial score (nSPS) is 18.9. The molecule has 0 aromatic heterocycles. The summed E-state index contributed by atoms with van der Waals surface area (Å²) in [6.07, 6.45) is 3.25. The first-order valence-corrected chi connectivity index (χ1v) is 7.05. The zero-order valence-electron chi connectivity index (χ0n) is 10.3. The lowest BCUT2D eigenvalue weighted by Gasteiger charge is -2.23. The van der Waals surface area contributed by atoms with Gasteiger partial charge in [0, 0.05) is 9.26 Å². The van der Waals surface area contributed by atoms with E-state index in [-0.39, 0.29) is 24.4 Å². The molecule has 1 saturated heterocycles. The predicted molar refractivity (Wildman–Crippen MR) is 85.4 cm³/mol. The minimum atomic E-state index is -0.0255. The van der Waals surface area contributed by atoms with E-state index in [0.717, 1.165) is 30.6 Å². The van der Waals surface area contributed by atoms with E-state index < -0.39 is 0 Å². The summed E-state index contributed by atoms with van der Waals surface area (Å²) in [4.78, 5) is 12.0. The standard InChI is InChI=1S/C13H17IN2O.ClH/c1-9-8-10(14)5-6-11(9)16-13(17)12-4-2-3-7-15-12;/h5-6,8,12,15H,2-4,7H2,1H3,(H,16,17);1H/t12-;/m1./s1. The van der Waals surface area contributed by atoms with Crippen LogP contribution in [0.4, 0.5) is 5.69 Å². The number of hydrogen-bond donors (Lipinski definition) is 2. The van der Waals surface area contributed by atoms with Crippen LogP contribution in [0.15, 0.2) is 18.2 Å². The molecule has 100 valence electrons. The van der Waals surface area contributed by atoms with Crippen molar-refractivity contribution in [3.8, 4) is 0 Å². The number of piperidine rings is 1. The topological polar surface area (TPSA) is 41.1 Å². The minimum absolute atomic E-state index is 0. The lowest BCUT2D eigenvalue weighted by molar-refractivity contribution is -0.118. The molecule has 18 heavy (non-hydrogen) atoms. The number of rotatable bonds is 2. The molecular weight excluding hydrogens is 363 g/mol. The van der Waals surface area contributed by atoms with Crippen LogP contribution in [0.2, 0.25) is 0 Å². The molecule has 5 heteroatoms. The molecule has 0 spiro atoms. The Bertz CT molecular complexity index is 419. The van der Waals surface area contributed by atoms with Crippen molar-refractivity contribution in [1.82, 2.24) is 5.32 Å². The van der Waals surface area contributed by atoms with Crippen molar-refractivity contribution in [3.63, 3.8) is 0 Å². The zero-order chi connectivity index (χ0) is 12.3. The van der Waals surface area contributed by atoms with Crippen LogP contribution in [0.3, 0.4) is 0 Å². The number of anilines is 1. The Kier molecular flexibility index (Phi) is 6.38. The van der Waals surface area contributed by atoms with Crippen molar-refractivity contribution in [3.05, 3.63) is 27.3 Å². The second-order valence-corrected chi connectivity index (χ2v) is 5.70. The van der Waals surface area contributed by atoms with Crippen molar-refractivity contribution < 1.29 is 4.79 Å². The van der Waals surface area contributed by atoms with Gasteiger partial charge in [0.25, 0.3) is 0 Å². The summed E-state index contributed by atoms with van der Waals surface area (Å²) in [5.74, 6) is 0.0917. The Labute approximate surface area is 128 Å². The minimum Gasteiger partial charge on any atom is -0.324 e. The molecule has 0 bridgehead atoms. The van der Waals surface area contributed by atoms with Gasteiger partial charge in [-0.1, -0.05) is 6.42 Å². The molecule has 0 radical (unpaired) electrons. The number of carbonyl (C=O) groups is 1. The van der Waals surface area contributed by atoms with Gasteiger partial charge in [-0.05, 0) is 72.7 Å². The number of hydrogen-bond acceptors (Lipinski definition) is 2. The molecule has 0 saturated carbocycles. The van der Waals surface area contributed by atoms with Crippen LogP contribution in [0.5, 0.6) is 0 Å². The lowest BCUT2D eigenvalue weighted by Crippen LogP contribution is -2.43. The van der Waals surface area contributed by atoms with E-state index in [2.05, 4.69) is 39.3 Å². The molecule has 0 aliphatic carbocycles. The molecule has 1 fully saturated rings. The quantitative estimate of drug-likeness (QED) is 0.774. The summed E-state index contributed by atoms with van der Waals surface area (Å²) in [7, 11) is 0. The molecule has 3 nitrogen and oxygen atoms in total. The Hall–Kier alpha value is -0.330. The molecule has 1 aromatic rings. The molecule has 2 rings (SSSR count). The lowest BCUT2D eigenvalue weighted by atomic mass is 10.0. The molecule has 1 aliphatic rings. The molecular formula is C13H18ClIN2O. The predicted octanol–water partition coefficient (Wildman–Crippen LogP) is 3.10. The van der Waals surface area contributed by atoms with Gasteiger partial charge in [-0.2, -0.15) is 0 Å². The largest absolute Gasteiger partial charge is 0.324 e. The second kappa shape index (κ2) is 7.31. The first-order chi connectivity index (χ1) is 8.16. The monoisotopic (exact) mass is 380 g/mol. The van der Waals surface area contributed by atoms with Gasteiger partial charge in [0.15, 0.2) is 0 Å². The van der Waals surface area contributed by atoms with Crippen molar-refractivity contribution in [2.45, 2.75) is 32.2 Å². The van der Waals surface area contributed by atoms with Gasteiger partial charge in [0.1, 0.15) is 0 Å². The van der Waals surface area contributed by atoms with E-state index in [9.17, 15) is 4.79 Å². The summed E-state index contributed by atoms with van der Waals surface area (Å²) in [6, 6.07) is 6.03. The number of carbonyl (C=O) groups excluding carboxylic acids is 1. The molecule has 1 aromatic carbocycles. The molecule has 1 aliphatic heterocycles. The third-order valence-electron chi connectivity index (χ3n) is 3.07. The van der Waals surface area contributed by atoms with Crippen LogP contribution in [-0.4, -0.2) is 18.5 Å². The van der Waals surface area contributed by atoms with Crippen molar-refractivity contribution in [2.24, 2.45) is 0 Å². The van der Waals surface area contributed by atoms with Crippen LogP contribution in [-0.2, 0) is 4.79 Å². The molecule has 2 N–H and O–H groups in total. The highest BCUT2D eigenvalue weighted by atomic mass is 127. The van der Waals surface area contributed by atoms with Crippen LogP contribution < -0.4 is 10.6 Å². The van der Waals surface area contributed by atoms with E-state index in [1.165, 1.54) is 9.99 Å². The van der Waals surface area contributed by atoms with E-state index in [0.29, 0.717) is 0 Å². The van der Waals surface area contributed by atoms with Gasteiger partial charge in [-0.25, -0.2) is 0 Å². The van der Waals surface area contributed by atoms with E-state index in [4.69, 9.17) is 0 Å². The molecule has 1 amide bonds. The van der Waals surface area contributed by atoms with Crippen molar-refractivity contribution in [1.29, 1.82) is 0 Å².